The first-order valence-electron chi connectivity index (χ1n) is 13.4. The number of piperidine rings is 1. The molecule has 0 saturated carbocycles. The van der Waals surface area contributed by atoms with Crippen LogP contribution in [0.15, 0.2) is 72.8 Å². The molecule has 1 saturated heterocycles. The number of nitrogens with two attached hydrogens (primary N) is 1. The van der Waals surface area contributed by atoms with Crippen molar-refractivity contribution in [2.24, 2.45) is 11.7 Å². The molecule has 1 aliphatic heterocycles. The van der Waals surface area contributed by atoms with Crippen molar-refractivity contribution in [1.82, 2.24) is 4.90 Å². The monoisotopic (exact) mass is 581 g/mol. The number of hydrogen-bond donors (Lipinski definition) is 3. The number of carbonyl (C=O) groups is 4. The van der Waals surface area contributed by atoms with Crippen LogP contribution in [0.4, 0.5) is 18.9 Å². The van der Waals surface area contributed by atoms with Gasteiger partial charge in [0, 0.05) is 42.0 Å². The van der Waals surface area contributed by atoms with Crippen LogP contribution in [0, 0.1) is 5.92 Å². The summed E-state index contributed by atoms with van der Waals surface area (Å²) in [6.45, 7) is 2.02. The molecule has 1 fully saturated rings. The number of carboxylic acid groups (broad SMARTS) is 1. The van der Waals surface area contributed by atoms with E-state index < -0.39 is 18.2 Å². The van der Waals surface area contributed by atoms with Crippen molar-refractivity contribution in [3.8, 4) is 0 Å². The number of halogens is 3. The molecule has 1 aliphatic carbocycles. The number of ketones is 2. The molecule has 1 atom stereocenters. The molecule has 1 heterocycles. The fourth-order valence-electron chi connectivity index (χ4n) is 5.09. The SMILES string of the molecule is N[C@@H](Cc1ccccc1)C(=O)N1CCC(CNc2cccc3c2C(=O)c2ccccc2C3=O)CC1.O=C(O)C(F)(F)F. The molecule has 0 bridgehead atoms. The van der Waals surface area contributed by atoms with Crippen molar-refractivity contribution >= 4 is 29.1 Å². The Morgan fingerprint density at radius 3 is 2.02 bits per heavy atom. The highest BCUT2D eigenvalue weighted by Crippen LogP contribution is 2.32. The van der Waals surface area contributed by atoms with Crippen LogP contribution >= 0.6 is 0 Å². The van der Waals surface area contributed by atoms with E-state index in [1.165, 1.54) is 0 Å². The van der Waals surface area contributed by atoms with Crippen LogP contribution in [0.2, 0.25) is 0 Å². The fraction of sp³-hybridized carbons (Fsp3) is 0.290. The normalized spacial score (nSPS) is 15.6. The molecule has 1 amide bonds. The highest BCUT2D eigenvalue weighted by Gasteiger charge is 2.38. The minimum Gasteiger partial charge on any atom is -0.475 e. The number of benzene rings is 3. The van der Waals surface area contributed by atoms with Gasteiger partial charge in [-0.05, 0) is 36.8 Å². The van der Waals surface area contributed by atoms with Gasteiger partial charge in [-0.1, -0.05) is 66.7 Å². The van der Waals surface area contributed by atoms with Crippen LogP contribution in [-0.2, 0) is 16.0 Å². The van der Waals surface area contributed by atoms with Gasteiger partial charge in [0.2, 0.25) is 5.91 Å². The largest absolute Gasteiger partial charge is 0.490 e. The van der Waals surface area contributed by atoms with Gasteiger partial charge in [-0.2, -0.15) is 13.2 Å². The van der Waals surface area contributed by atoms with Gasteiger partial charge in [0.1, 0.15) is 0 Å². The van der Waals surface area contributed by atoms with E-state index in [4.69, 9.17) is 15.6 Å². The highest BCUT2D eigenvalue weighted by atomic mass is 19.4. The number of carbonyl (C=O) groups excluding carboxylic acids is 3. The van der Waals surface area contributed by atoms with Gasteiger partial charge in [0.05, 0.1) is 11.6 Å². The molecule has 0 spiro atoms. The van der Waals surface area contributed by atoms with Crippen LogP contribution < -0.4 is 11.1 Å². The van der Waals surface area contributed by atoms with E-state index in [2.05, 4.69) is 5.32 Å². The van der Waals surface area contributed by atoms with Gasteiger partial charge in [-0.3, -0.25) is 14.4 Å². The third-order valence-electron chi connectivity index (χ3n) is 7.32. The summed E-state index contributed by atoms with van der Waals surface area (Å²) in [5.41, 5.74) is 9.79. The quantitative estimate of drug-likeness (QED) is 0.309. The molecule has 42 heavy (non-hydrogen) atoms. The first kappa shape index (κ1) is 30.4. The predicted octanol–water partition coefficient (Wildman–Crippen LogP) is 4.32. The summed E-state index contributed by atoms with van der Waals surface area (Å²) >= 11 is 0. The zero-order valence-corrected chi connectivity index (χ0v) is 22.6. The average molecular weight is 582 g/mol. The number of carboxylic acids is 1. The summed E-state index contributed by atoms with van der Waals surface area (Å²) in [4.78, 5) is 49.7. The van der Waals surface area contributed by atoms with Crippen LogP contribution in [-0.4, -0.2) is 65.3 Å². The molecule has 8 nitrogen and oxygen atoms in total. The topological polar surface area (TPSA) is 130 Å². The van der Waals surface area contributed by atoms with E-state index in [9.17, 15) is 27.6 Å². The summed E-state index contributed by atoms with van der Waals surface area (Å²) in [5.74, 6) is -2.63. The maximum Gasteiger partial charge on any atom is 0.490 e. The molecule has 4 N–H and O–H groups in total. The van der Waals surface area contributed by atoms with Crippen LogP contribution in [0.3, 0.4) is 0 Å². The third kappa shape index (κ3) is 7.03. The summed E-state index contributed by atoms with van der Waals surface area (Å²) in [6.07, 6.45) is -2.82. The van der Waals surface area contributed by atoms with Crippen molar-refractivity contribution in [2.45, 2.75) is 31.5 Å². The smallest absolute Gasteiger partial charge is 0.475 e. The molecular weight excluding hydrogens is 551 g/mol. The van der Waals surface area contributed by atoms with E-state index in [1.54, 1.807) is 30.3 Å². The zero-order valence-electron chi connectivity index (χ0n) is 22.6. The lowest BCUT2D eigenvalue weighted by Gasteiger charge is -2.34. The summed E-state index contributed by atoms with van der Waals surface area (Å²) in [7, 11) is 0. The highest BCUT2D eigenvalue weighted by molar-refractivity contribution is 6.30. The van der Waals surface area contributed by atoms with Crippen molar-refractivity contribution < 1.29 is 37.5 Å². The third-order valence-corrected chi connectivity index (χ3v) is 7.32. The predicted molar refractivity (Wildman–Crippen MR) is 149 cm³/mol. The number of amides is 1. The van der Waals surface area contributed by atoms with Gasteiger partial charge in [0.15, 0.2) is 11.6 Å². The number of aliphatic carboxylic acids is 1. The first-order valence-corrected chi connectivity index (χ1v) is 13.4. The van der Waals surface area contributed by atoms with Gasteiger partial charge >= 0.3 is 12.1 Å². The van der Waals surface area contributed by atoms with Crippen molar-refractivity contribution in [3.05, 3.63) is 101 Å². The lowest BCUT2D eigenvalue weighted by atomic mass is 9.83. The Labute approximate surface area is 240 Å². The van der Waals surface area contributed by atoms with Gasteiger partial charge in [0.25, 0.3) is 0 Å². The number of nitrogens with one attached hydrogen (secondary N) is 1. The number of likely N-dealkylation sites (tertiary alicyclic amines) is 1. The second-order valence-corrected chi connectivity index (χ2v) is 10.2. The van der Waals surface area contributed by atoms with Crippen molar-refractivity contribution in [1.29, 1.82) is 0 Å². The maximum atomic E-state index is 13.2. The zero-order chi connectivity index (χ0) is 30.4. The van der Waals surface area contributed by atoms with Crippen LogP contribution in [0.1, 0.15) is 50.2 Å². The Hall–Kier alpha value is -4.51. The number of alkyl halides is 3. The molecule has 11 heteroatoms. The number of fused-ring (bicyclic) bond motifs is 2. The van der Waals surface area contributed by atoms with Gasteiger partial charge in [-0.15, -0.1) is 0 Å². The van der Waals surface area contributed by atoms with Crippen LogP contribution in [0.5, 0.6) is 0 Å². The molecular formula is C31H30F3N3O5. The Morgan fingerprint density at radius 2 is 1.43 bits per heavy atom. The molecule has 0 radical (unpaired) electrons. The van der Waals surface area contributed by atoms with E-state index in [0.717, 1.165) is 18.4 Å². The minimum atomic E-state index is -5.08. The van der Waals surface area contributed by atoms with Gasteiger partial charge < -0.3 is 21.1 Å². The molecule has 0 aromatic heterocycles. The summed E-state index contributed by atoms with van der Waals surface area (Å²) in [5, 5.41) is 10.5. The number of nitrogens with zero attached hydrogens (tertiary/aromatic N) is 1. The van der Waals surface area contributed by atoms with Gasteiger partial charge in [-0.25, -0.2) is 4.79 Å². The Morgan fingerprint density at radius 1 is 0.881 bits per heavy atom. The van der Waals surface area contributed by atoms with E-state index in [0.29, 0.717) is 59.9 Å². The second-order valence-electron chi connectivity index (χ2n) is 10.2. The summed E-state index contributed by atoms with van der Waals surface area (Å²) in [6, 6.07) is 21.7. The first-order chi connectivity index (χ1) is 20.0. The molecule has 2 aliphatic rings. The minimum absolute atomic E-state index is 0.000153. The molecule has 220 valence electrons. The fourth-order valence-corrected chi connectivity index (χ4v) is 5.09. The Bertz CT molecular complexity index is 1470. The van der Waals surface area contributed by atoms with Crippen LogP contribution in [0.25, 0.3) is 0 Å². The number of rotatable bonds is 6. The Balaban J connectivity index is 0.000000517. The van der Waals surface area contributed by atoms with Crippen molar-refractivity contribution in [3.63, 3.8) is 0 Å². The molecule has 5 rings (SSSR count). The van der Waals surface area contributed by atoms with E-state index in [1.807, 2.05) is 47.4 Å². The number of anilines is 1. The second kappa shape index (κ2) is 13.0. The van der Waals surface area contributed by atoms with Crippen molar-refractivity contribution in [2.75, 3.05) is 25.0 Å². The summed E-state index contributed by atoms with van der Waals surface area (Å²) < 4.78 is 31.7. The van der Waals surface area contributed by atoms with E-state index in [-0.39, 0.29) is 17.5 Å². The Kier molecular flexibility index (Phi) is 9.41. The lowest BCUT2D eigenvalue weighted by Crippen LogP contribution is -2.48. The molecule has 3 aromatic carbocycles. The standard InChI is InChI=1S/C29H29N3O3.C2HF3O2/c30-24(17-19-7-2-1-3-8-19)29(35)32-15-13-20(14-16-32)18-31-25-12-6-11-23-26(25)28(34)22-10-5-4-9-21(22)27(23)33;3-2(4,5)1(6)7/h1-12,20,24,31H,13-18,30H2;(H,6,7)/t24-;/m0./s1. The lowest BCUT2D eigenvalue weighted by molar-refractivity contribution is -0.192. The average Bonchev–Trinajstić information content (AvgIpc) is 2.99. The maximum absolute atomic E-state index is 13.2. The molecule has 3 aromatic rings. The number of hydrogen-bond acceptors (Lipinski definition) is 6. The van der Waals surface area contributed by atoms with E-state index >= 15 is 0 Å². The molecule has 0 unspecified atom stereocenters.